The lowest BCUT2D eigenvalue weighted by molar-refractivity contribution is 0.592. The fourth-order valence-corrected chi connectivity index (χ4v) is 14.1. The largest absolute Gasteiger partial charge is 0.308 e. The maximum absolute atomic E-state index is 16.3. The van der Waals surface area contributed by atoms with Gasteiger partial charge in [0, 0.05) is 31.8 Å². The average Bonchev–Trinajstić information content (AvgIpc) is 3.05. The third-order valence-electron chi connectivity index (χ3n) is 9.41. The van der Waals surface area contributed by atoms with Crippen LogP contribution in [0, 0.1) is 27.7 Å². The fraction of sp³-hybridized carbons (Fsp3) is 0.100. The molecule has 6 aromatic carbocycles. The molecule has 45 heavy (non-hydrogen) atoms. The molecule has 6 aromatic rings. The van der Waals surface area contributed by atoms with Crippen LogP contribution in [-0.4, -0.2) is 0 Å². The summed E-state index contributed by atoms with van der Waals surface area (Å²) in [5.41, 5.74) is 8.54. The molecule has 2 unspecified atom stereocenters. The Morgan fingerprint density at radius 3 is 1.33 bits per heavy atom. The second kappa shape index (κ2) is 10.0. The fourth-order valence-electron chi connectivity index (χ4n) is 7.24. The molecule has 0 spiro atoms. The molecule has 2 aliphatic rings. The zero-order valence-electron chi connectivity index (χ0n) is 25.8. The van der Waals surface area contributed by atoms with Gasteiger partial charge in [0.15, 0.2) is 14.3 Å². The van der Waals surface area contributed by atoms with Crippen LogP contribution in [0.2, 0.25) is 0 Å². The molecule has 0 N–H and O–H groups in total. The molecule has 2 heterocycles. The van der Waals surface area contributed by atoms with E-state index in [0.717, 1.165) is 82.3 Å². The van der Waals surface area contributed by atoms with E-state index in [1.807, 2.05) is 80.6 Å². The van der Waals surface area contributed by atoms with E-state index in [2.05, 4.69) is 79.4 Å². The average molecular weight is 622 g/mol. The summed E-state index contributed by atoms with van der Waals surface area (Å²) >= 11 is 0. The maximum atomic E-state index is 16.3. The van der Waals surface area contributed by atoms with E-state index in [1.165, 1.54) is 0 Å². The molecule has 0 amide bonds. The number of rotatable bonds is 3. The van der Waals surface area contributed by atoms with Crippen molar-refractivity contribution in [1.82, 2.24) is 0 Å². The number of hydrogen-bond acceptors (Lipinski definition) is 3. The monoisotopic (exact) mass is 621 g/mol. The molecular formula is C40H33NO2P2. The van der Waals surface area contributed by atoms with Crippen LogP contribution in [-0.2, 0) is 9.13 Å². The van der Waals surface area contributed by atoms with Crippen molar-refractivity contribution in [3.63, 3.8) is 0 Å². The van der Waals surface area contributed by atoms with Gasteiger partial charge in [-0.25, -0.2) is 0 Å². The van der Waals surface area contributed by atoms with Crippen LogP contribution in [0.1, 0.15) is 22.3 Å². The lowest BCUT2D eigenvalue weighted by Gasteiger charge is -2.45. The van der Waals surface area contributed by atoms with Gasteiger partial charge in [-0.3, -0.25) is 0 Å². The van der Waals surface area contributed by atoms with E-state index < -0.39 is 14.3 Å². The highest BCUT2D eigenvalue weighted by Crippen LogP contribution is 2.61. The van der Waals surface area contributed by atoms with E-state index in [0.29, 0.717) is 0 Å². The van der Waals surface area contributed by atoms with Crippen LogP contribution in [0.5, 0.6) is 0 Å². The molecule has 220 valence electrons. The minimum Gasteiger partial charge on any atom is -0.308 e. The van der Waals surface area contributed by atoms with Crippen LogP contribution in [0.15, 0.2) is 127 Å². The number of benzene rings is 6. The predicted octanol–water partition coefficient (Wildman–Crippen LogP) is 7.96. The summed E-state index contributed by atoms with van der Waals surface area (Å²) in [7, 11) is -6.89. The van der Waals surface area contributed by atoms with Crippen molar-refractivity contribution in [2.75, 3.05) is 4.90 Å². The zero-order valence-corrected chi connectivity index (χ0v) is 27.6. The Morgan fingerprint density at radius 2 is 0.867 bits per heavy atom. The molecule has 0 aliphatic carbocycles. The second-order valence-corrected chi connectivity index (χ2v) is 17.7. The Kier molecular flexibility index (Phi) is 6.27. The van der Waals surface area contributed by atoms with Gasteiger partial charge in [0.1, 0.15) is 0 Å². The molecule has 0 radical (unpaired) electrons. The number of fused-ring (bicyclic) bond motifs is 4. The number of aryl methyl sites for hydroxylation is 4. The van der Waals surface area contributed by atoms with Crippen molar-refractivity contribution < 1.29 is 9.13 Å². The van der Waals surface area contributed by atoms with E-state index in [-0.39, 0.29) is 0 Å². The normalized spacial score (nSPS) is 19.4. The summed E-state index contributed by atoms with van der Waals surface area (Å²) in [6.45, 7) is 8.20. The Labute approximate surface area is 265 Å². The first kappa shape index (κ1) is 28.1. The molecule has 0 bridgehead atoms. The van der Waals surface area contributed by atoms with Gasteiger partial charge in [-0.1, -0.05) is 102 Å². The van der Waals surface area contributed by atoms with Crippen molar-refractivity contribution in [2.24, 2.45) is 0 Å². The molecule has 0 aromatic heterocycles. The highest BCUT2D eigenvalue weighted by molar-refractivity contribution is 7.88. The van der Waals surface area contributed by atoms with Gasteiger partial charge in [-0.05, 0) is 86.3 Å². The molecule has 5 heteroatoms. The van der Waals surface area contributed by atoms with E-state index in [4.69, 9.17) is 0 Å². The second-order valence-electron chi connectivity index (χ2n) is 12.3. The van der Waals surface area contributed by atoms with Crippen LogP contribution in [0.4, 0.5) is 17.1 Å². The molecule has 0 saturated heterocycles. The van der Waals surface area contributed by atoms with Gasteiger partial charge >= 0.3 is 0 Å². The number of nitrogens with zero attached hydrogens (tertiary/aromatic N) is 1. The quantitative estimate of drug-likeness (QED) is 0.188. The first-order valence-corrected chi connectivity index (χ1v) is 18.7. The first-order valence-electron chi connectivity index (χ1n) is 15.3. The van der Waals surface area contributed by atoms with Crippen molar-refractivity contribution in [3.8, 4) is 11.1 Å². The first-order chi connectivity index (χ1) is 21.7. The zero-order chi connectivity index (χ0) is 31.1. The third-order valence-corrected chi connectivity index (χ3v) is 15.9. The predicted molar refractivity (Wildman–Crippen MR) is 191 cm³/mol. The van der Waals surface area contributed by atoms with Gasteiger partial charge in [0.05, 0.1) is 17.1 Å². The van der Waals surface area contributed by atoms with Crippen molar-refractivity contribution >= 4 is 63.2 Å². The van der Waals surface area contributed by atoms with E-state index >= 15 is 9.13 Å². The Balaban J connectivity index is 1.62. The lowest BCUT2D eigenvalue weighted by atomic mass is 10.0. The number of hydrogen-bond donors (Lipinski definition) is 0. The Hall–Kier alpha value is -4.42. The van der Waals surface area contributed by atoms with Crippen LogP contribution in [0.25, 0.3) is 11.1 Å². The van der Waals surface area contributed by atoms with E-state index in [9.17, 15) is 0 Å². The summed E-state index contributed by atoms with van der Waals surface area (Å²) in [4.78, 5) is 2.24. The van der Waals surface area contributed by atoms with Gasteiger partial charge in [0.25, 0.3) is 0 Å². The summed E-state index contributed by atoms with van der Waals surface area (Å²) in [5, 5.41) is 4.77. The minimum atomic E-state index is -3.45. The van der Waals surface area contributed by atoms with Gasteiger partial charge in [-0.15, -0.1) is 0 Å². The summed E-state index contributed by atoms with van der Waals surface area (Å²) < 4.78 is 32.7. The topological polar surface area (TPSA) is 37.4 Å². The van der Waals surface area contributed by atoms with Crippen molar-refractivity contribution in [3.05, 3.63) is 150 Å². The standard InChI is InChI=1S/C40H33NO2P2/c1-26-18-20-32-36(22-26)44(42,34-16-10-8-12-28(34)3)38-24-31(30-14-6-5-7-15-30)25-39-40(38)41(32)33-21-19-27(2)23-37(33)45(39,43)35-17-11-9-13-29(35)4/h5-25H,1-4H3. The van der Waals surface area contributed by atoms with Crippen LogP contribution in [0.3, 0.4) is 0 Å². The molecule has 0 saturated carbocycles. The van der Waals surface area contributed by atoms with Gasteiger partial charge in [0.2, 0.25) is 0 Å². The van der Waals surface area contributed by atoms with Gasteiger partial charge in [-0.2, -0.15) is 0 Å². The number of anilines is 3. The van der Waals surface area contributed by atoms with Gasteiger partial charge < -0.3 is 14.0 Å². The maximum Gasteiger partial charge on any atom is 0.175 e. The Bertz CT molecular complexity index is 2150. The summed E-state index contributed by atoms with van der Waals surface area (Å²) in [6, 6.07) is 43.1. The lowest BCUT2D eigenvalue weighted by Crippen LogP contribution is -2.46. The minimum absolute atomic E-state index is 0.742. The highest BCUT2D eigenvalue weighted by atomic mass is 31.2. The molecule has 2 atom stereocenters. The SMILES string of the molecule is Cc1ccc2c(c1)P(=O)(c1ccccc1C)c1cc(-c3ccccc3)cc3c1N2c1ccc(C)cc1P3(=O)c1ccccc1C. The van der Waals surface area contributed by atoms with Crippen molar-refractivity contribution in [1.29, 1.82) is 0 Å². The van der Waals surface area contributed by atoms with Crippen LogP contribution < -0.4 is 36.7 Å². The molecule has 3 nitrogen and oxygen atoms in total. The summed E-state index contributed by atoms with van der Waals surface area (Å²) in [5.74, 6) is 0. The van der Waals surface area contributed by atoms with Crippen LogP contribution >= 0.6 is 14.3 Å². The Morgan fingerprint density at radius 1 is 0.422 bits per heavy atom. The highest BCUT2D eigenvalue weighted by Gasteiger charge is 2.50. The molecular weight excluding hydrogens is 588 g/mol. The molecule has 8 rings (SSSR count). The smallest absolute Gasteiger partial charge is 0.175 e. The summed E-state index contributed by atoms with van der Waals surface area (Å²) in [6.07, 6.45) is 0. The molecule has 0 fully saturated rings. The van der Waals surface area contributed by atoms with Crippen molar-refractivity contribution in [2.45, 2.75) is 27.7 Å². The van der Waals surface area contributed by atoms with E-state index in [1.54, 1.807) is 0 Å². The molecule has 2 aliphatic heterocycles. The third kappa shape index (κ3) is 3.91.